The third kappa shape index (κ3) is 3.09. The van der Waals surface area contributed by atoms with Crippen molar-refractivity contribution in [3.8, 4) is 17.2 Å². The van der Waals surface area contributed by atoms with Gasteiger partial charge in [0.15, 0.2) is 12.0 Å². The van der Waals surface area contributed by atoms with Crippen molar-refractivity contribution in [2.45, 2.75) is 6.23 Å². The first-order valence-corrected chi connectivity index (χ1v) is 6.93. The van der Waals surface area contributed by atoms with Crippen LogP contribution in [-0.2, 0) is 0 Å². The van der Waals surface area contributed by atoms with Gasteiger partial charge in [0.25, 0.3) is 0 Å². The van der Waals surface area contributed by atoms with Crippen molar-refractivity contribution in [1.29, 1.82) is 0 Å². The zero-order valence-electron chi connectivity index (χ0n) is 12.4. The van der Waals surface area contributed by atoms with Gasteiger partial charge in [-0.15, -0.1) is 0 Å². The predicted molar refractivity (Wildman–Crippen MR) is 85.7 cm³/mol. The molecule has 2 heterocycles. The van der Waals surface area contributed by atoms with Crippen LogP contribution < -0.4 is 15.8 Å². The summed E-state index contributed by atoms with van der Waals surface area (Å²) in [7, 11) is 1.55. The van der Waals surface area contributed by atoms with Gasteiger partial charge in [-0.1, -0.05) is 12.1 Å². The van der Waals surface area contributed by atoms with E-state index in [1.807, 2.05) is 12.1 Å². The highest BCUT2D eigenvalue weighted by Crippen LogP contribution is 2.28. The SMILES string of the molecule is COc1ccccc1NC(O)c1nc(-c2ccco2)cnc1N. The first-order valence-electron chi connectivity index (χ1n) is 6.93. The number of nitrogens with one attached hydrogen (secondary N) is 1. The summed E-state index contributed by atoms with van der Waals surface area (Å²) in [6.07, 6.45) is 1.89. The van der Waals surface area contributed by atoms with Crippen molar-refractivity contribution in [2.75, 3.05) is 18.2 Å². The molecule has 1 aromatic carbocycles. The van der Waals surface area contributed by atoms with E-state index in [9.17, 15) is 5.11 Å². The molecular formula is C16H16N4O3. The van der Waals surface area contributed by atoms with Gasteiger partial charge in [0, 0.05) is 0 Å². The van der Waals surface area contributed by atoms with E-state index in [4.69, 9.17) is 14.9 Å². The number of nitrogens with zero attached hydrogens (tertiary/aromatic N) is 2. The molecule has 2 aromatic heterocycles. The summed E-state index contributed by atoms with van der Waals surface area (Å²) in [5.41, 5.74) is 7.15. The summed E-state index contributed by atoms with van der Waals surface area (Å²) < 4.78 is 10.5. The summed E-state index contributed by atoms with van der Waals surface area (Å²) in [5, 5.41) is 13.3. The number of ether oxygens (including phenoxy) is 1. The Balaban J connectivity index is 1.90. The lowest BCUT2D eigenvalue weighted by atomic mass is 10.2. The number of hydrogen-bond acceptors (Lipinski definition) is 7. The number of aliphatic hydroxyl groups is 1. The van der Waals surface area contributed by atoms with E-state index >= 15 is 0 Å². The Hall–Kier alpha value is -3.06. The lowest BCUT2D eigenvalue weighted by Crippen LogP contribution is -2.15. The second-order valence-corrected chi connectivity index (χ2v) is 4.75. The van der Waals surface area contributed by atoms with Gasteiger partial charge in [-0.05, 0) is 24.3 Å². The monoisotopic (exact) mass is 312 g/mol. The van der Waals surface area contributed by atoms with Crippen LogP contribution in [0.1, 0.15) is 11.9 Å². The molecule has 1 unspecified atom stereocenters. The number of benzene rings is 1. The van der Waals surface area contributed by atoms with E-state index in [0.717, 1.165) is 0 Å². The number of para-hydroxylation sites is 2. The molecule has 23 heavy (non-hydrogen) atoms. The summed E-state index contributed by atoms with van der Waals surface area (Å²) in [4.78, 5) is 8.40. The number of aliphatic hydroxyl groups excluding tert-OH is 1. The minimum atomic E-state index is -1.14. The average Bonchev–Trinajstić information content (AvgIpc) is 3.10. The molecular weight excluding hydrogens is 296 g/mol. The molecule has 0 bridgehead atoms. The first-order chi connectivity index (χ1) is 11.2. The Morgan fingerprint density at radius 2 is 2.09 bits per heavy atom. The number of nitrogen functional groups attached to an aromatic ring is 1. The second-order valence-electron chi connectivity index (χ2n) is 4.75. The Bertz CT molecular complexity index is 790. The number of aromatic nitrogens is 2. The fourth-order valence-corrected chi connectivity index (χ4v) is 2.14. The fraction of sp³-hybridized carbons (Fsp3) is 0.125. The molecule has 0 radical (unpaired) electrons. The number of rotatable bonds is 5. The highest BCUT2D eigenvalue weighted by Gasteiger charge is 2.17. The Morgan fingerprint density at radius 1 is 1.26 bits per heavy atom. The summed E-state index contributed by atoms with van der Waals surface area (Å²) in [6.45, 7) is 0. The van der Waals surface area contributed by atoms with E-state index in [0.29, 0.717) is 22.9 Å². The maximum atomic E-state index is 10.4. The number of furan rings is 1. The molecule has 3 rings (SSSR count). The minimum Gasteiger partial charge on any atom is -0.495 e. The van der Waals surface area contributed by atoms with E-state index < -0.39 is 6.23 Å². The molecule has 0 spiro atoms. The first kappa shape index (κ1) is 14.9. The van der Waals surface area contributed by atoms with Gasteiger partial charge in [-0.25, -0.2) is 9.97 Å². The quantitative estimate of drug-likeness (QED) is 0.621. The summed E-state index contributed by atoms with van der Waals surface area (Å²) in [5.74, 6) is 1.28. The highest BCUT2D eigenvalue weighted by atomic mass is 16.5. The van der Waals surface area contributed by atoms with Gasteiger partial charge in [0.1, 0.15) is 23.0 Å². The van der Waals surface area contributed by atoms with Crippen LogP contribution in [0, 0.1) is 0 Å². The van der Waals surface area contributed by atoms with Gasteiger partial charge in [0.05, 0.1) is 25.3 Å². The molecule has 3 aromatic rings. The van der Waals surface area contributed by atoms with Crippen molar-refractivity contribution in [3.63, 3.8) is 0 Å². The van der Waals surface area contributed by atoms with Crippen LogP contribution in [0.5, 0.6) is 5.75 Å². The molecule has 0 fully saturated rings. The van der Waals surface area contributed by atoms with E-state index in [2.05, 4.69) is 15.3 Å². The van der Waals surface area contributed by atoms with Crippen LogP contribution in [0.15, 0.2) is 53.3 Å². The number of methoxy groups -OCH3 is 1. The molecule has 4 N–H and O–H groups in total. The van der Waals surface area contributed by atoms with Gasteiger partial charge < -0.3 is 25.3 Å². The highest BCUT2D eigenvalue weighted by molar-refractivity contribution is 5.58. The molecule has 0 aliphatic rings. The Morgan fingerprint density at radius 3 is 2.83 bits per heavy atom. The molecule has 118 valence electrons. The lowest BCUT2D eigenvalue weighted by molar-refractivity contribution is 0.203. The number of anilines is 2. The third-order valence-electron chi connectivity index (χ3n) is 3.26. The van der Waals surface area contributed by atoms with Crippen LogP contribution >= 0.6 is 0 Å². The van der Waals surface area contributed by atoms with Gasteiger partial charge in [-0.3, -0.25) is 0 Å². The van der Waals surface area contributed by atoms with Crippen molar-refractivity contribution in [2.24, 2.45) is 0 Å². The van der Waals surface area contributed by atoms with Crippen LogP contribution in [-0.4, -0.2) is 22.2 Å². The van der Waals surface area contributed by atoms with Gasteiger partial charge >= 0.3 is 0 Å². The normalized spacial score (nSPS) is 11.9. The summed E-state index contributed by atoms with van der Waals surface area (Å²) in [6, 6.07) is 10.7. The standard InChI is InChI=1S/C16H16N4O3/c1-22-12-6-3-2-5-10(12)20-16(21)14-15(17)18-9-11(19-14)13-7-4-8-23-13/h2-9,16,20-21H,1H3,(H2,17,18). The van der Waals surface area contributed by atoms with Crippen LogP contribution in [0.4, 0.5) is 11.5 Å². The largest absolute Gasteiger partial charge is 0.495 e. The topological polar surface area (TPSA) is 106 Å². The predicted octanol–water partition coefficient (Wildman–Crippen LogP) is 2.43. The zero-order valence-corrected chi connectivity index (χ0v) is 12.4. The van der Waals surface area contributed by atoms with Crippen molar-refractivity contribution in [3.05, 3.63) is 54.6 Å². The second kappa shape index (κ2) is 6.37. The van der Waals surface area contributed by atoms with Crippen LogP contribution in [0.2, 0.25) is 0 Å². The minimum absolute atomic E-state index is 0.134. The zero-order chi connectivity index (χ0) is 16.2. The molecule has 7 nitrogen and oxygen atoms in total. The van der Waals surface area contributed by atoms with Crippen LogP contribution in [0.25, 0.3) is 11.5 Å². The molecule has 0 saturated carbocycles. The van der Waals surface area contributed by atoms with E-state index in [1.54, 1.807) is 31.4 Å². The van der Waals surface area contributed by atoms with Gasteiger partial charge in [-0.2, -0.15) is 0 Å². The molecule has 0 saturated heterocycles. The molecule has 0 aliphatic carbocycles. The van der Waals surface area contributed by atoms with Crippen LogP contribution in [0.3, 0.4) is 0 Å². The molecule has 7 heteroatoms. The van der Waals surface area contributed by atoms with Crippen molar-refractivity contribution in [1.82, 2.24) is 9.97 Å². The van der Waals surface area contributed by atoms with Gasteiger partial charge in [0.2, 0.25) is 0 Å². The van der Waals surface area contributed by atoms with Crippen molar-refractivity contribution >= 4 is 11.5 Å². The number of nitrogens with two attached hydrogens (primary N) is 1. The number of hydrogen-bond donors (Lipinski definition) is 3. The fourth-order valence-electron chi connectivity index (χ4n) is 2.14. The summed E-state index contributed by atoms with van der Waals surface area (Å²) >= 11 is 0. The maximum Gasteiger partial charge on any atom is 0.171 e. The molecule has 1 atom stereocenters. The van der Waals surface area contributed by atoms with E-state index in [-0.39, 0.29) is 11.5 Å². The third-order valence-corrected chi connectivity index (χ3v) is 3.26. The Labute approximate surface area is 132 Å². The van der Waals surface area contributed by atoms with Crippen molar-refractivity contribution < 1.29 is 14.3 Å². The maximum absolute atomic E-state index is 10.4. The lowest BCUT2D eigenvalue weighted by Gasteiger charge is -2.17. The van der Waals surface area contributed by atoms with E-state index in [1.165, 1.54) is 12.5 Å². The smallest absolute Gasteiger partial charge is 0.171 e. The molecule has 0 amide bonds. The molecule has 0 aliphatic heterocycles. The Kier molecular flexibility index (Phi) is 4.11. The average molecular weight is 312 g/mol.